The van der Waals surface area contributed by atoms with Crippen LogP contribution in [0.5, 0.6) is 0 Å². The Morgan fingerprint density at radius 1 is 1.13 bits per heavy atom. The molecule has 1 heterocycles. The summed E-state index contributed by atoms with van der Waals surface area (Å²) in [5.74, 6) is 2.39. The average molecular weight is 230 g/mol. The normalized spacial score (nSPS) is 35.3. The predicted octanol–water partition coefficient (Wildman–Crippen LogP) is 1.77. The average Bonchev–Trinajstić information content (AvgIpc) is 2.66. The van der Waals surface area contributed by atoms with Crippen LogP contribution in [0.1, 0.15) is 38.5 Å². The predicted molar refractivity (Wildman–Crippen MR) is 64.3 cm³/mol. The molecular formula is C11H22N2OS. The lowest BCUT2D eigenvalue weighted by Gasteiger charge is -2.25. The summed E-state index contributed by atoms with van der Waals surface area (Å²) in [6.45, 7) is 0.808. The minimum atomic E-state index is -1.78. The Morgan fingerprint density at radius 2 is 1.73 bits per heavy atom. The van der Waals surface area contributed by atoms with E-state index in [9.17, 15) is 4.21 Å². The molecule has 0 amide bonds. The molecule has 15 heavy (non-hydrogen) atoms. The molecule has 2 N–H and O–H groups in total. The fourth-order valence-electron chi connectivity index (χ4n) is 2.62. The molecule has 0 aromatic rings. The van der Waals surface area contributed by atoms with Crippen LogP contribution < -0.4 is 5.73 Å². The summed E-state index contributed by atoms with van der Waals surface area (Å²) in [5, 5.41) is 0. The summed E-state index contributed by atoms with van der Waals surface area (Å²) in [6, 6.07) is 0.374. The van der Waals surface area contributed by atoms with Crippen LogP contribution in [0.3, 0.4) is 0 Å². The standard InChI is InChI=1S/C11H22N2OS/c12-9-10-3-5-11(6-4-10)13-15(14)7-1-2-8-15/h10-11H,1-9,12H2. The van der Waals surface area contributed by atoms with Gasteiger partial charge in [0.25, 0.3) is 0 Å². The maximum atomic E-state index is 12.2. The van der Waals surface area contributed by atoms with Crippen LogP contribution in [-0.4, -0.2) is 28.3 Å². The van der Waals surface area contributed by atoms with Crippen LogP contribution in [0.15, 0.2) is 4.36 Å². The summed E-state index contributed by atoms with van der Waals surface area (Å²) in [4.78, 5) is 0. The van der Waals surface area contributed by atoms with Crippen molar-refractivity contribution in [1.29, 1.82) is 0 Å². The monoisotopic (exact) mass is 230 g/mol. The van der Waals surface area contributed by atoms with Crippen molar-refractivity contribution in [3.05, 3.63) is 0 Å². The highest BCUT2D eigenvalue weighted by atomic mass is 32.2. The van der Waals surface area contributed by atoms with Gasteiger partial charge in [-0.2, -0.15) is 0 Å². The van der Waals surface area contributed by atoms with Crippen molar-refractivity contribution in [3.8, 4) is 0 Å². The first-order valence-corrected chi connectivity index (χ1v) is 7.99. The van der Waals surface area contributed by atoms with Gasteiger partial charge >= 0.3 is 0 Å². The molecule has 0 atom stereocenters. The van der Waals surface area contributed by atoms with E-state index in [1.54, 1.807) is 0 Å². The lowest BCUT2D eigenvalue weighted by molar-refractivity contribution is 0.335. The minimum Gasteiger partial charge on any atom is -0.330 e. The molecule has 0 radical (unpaired) electrons. The second-order valence-electron chi connectivity index (χ2n) is 4.90. The Balaban J connectivity index is 1.94. The van der Waals surface area contributed by atoms with E-state index >= 15 is 0 Å². The molecule has 1 saturated carbocycles. The molecule has 2 aliphatic rings. The largest absolute Gasteiger partial charge is 0.330 e. The highest BCUT2D eigenvalue weighted by molar-refractivity contribution is 7.93. The molecule has 0 unspecified atom stereocenters. The second kappa shape index (κ2) is 4.83. The van der Waals surface area contributed by atoms with E-state index in [1.807, 2.05) is 0 Å². The van der Waals surface area contributed by atoms with Crippen LogP contribution in [0.4, 0.5) is 0 Å². The number of hydrogen-bond acceptors (Lipinski definition) is 3. The third-order valence-corrected chi connectivity index (χ3v) is 6.20. The van der Waals surface area contributed by atoms with E-state index < -0.39 is 9.73 Å². The van der Waals surface area contributed by atoms with Crippen LogP contribution in [0.2, 0.25) is 0 Å². The molecule has 2 fully saturated rings. The van der Waals surface area contributed by atoms with Crippen molar-refractivity contribution in [2.24, 2.45) is 16.0 Å². The summed E-state index contributed by atoms with van der Waals surface area (Å²) < 4.78 is 16.8. The minimum absolute atomic E-state index is 0.374. The molecule has 88 valence electrons. The number of nitrogens with zero attached hydrogens (tertiary/aromatic N) is 1. The first-order valence-electron chi connectivity index (χ1n) is 6.13. The van der Waals surface area contributed by atoms with Gasteiger partial charge in [-0.05, 0) is 51.0 Å². The Kier molecular flexibility index (Phi) is 3.67. The summed E-state index contributed by atoms with van der Waals surface area (Å²) in [7, 11) is -1.78. The van der Waals surface area contributed by atoms with Crippen molar-refractivity contribution in [3.63, 3.8) is 0 Å². The molecule has 2 rings (SSSR count). The van der Waals surface area contributed by atoms with Gasteiger partial charge in [0.1, 0.15) is 0 Å². The second-order valence-corrected chi connectivity index (χ2v) is 7.48. The smallest absolute Gasteiger partial charge is 0.0594 e. The summed E-state index contributed by atoms with van der Waals surface area (Å²) in [6.07, 6.45) is 6.80. The van der Waals surface area contributed by atoms with Gasteiger partial charge < -0.3 is 5.73 Å². The van der Waals surface area contributed by atoms with Crippen molar-refractivity contribution in [2.45, 2.75) is 44.6 Å². The van der Waals surface area contributed by atoms with Gasteiger partial charge in [-0.1, -0.05) is 0 Å². The fraction of sp³-hybridized carbons (Fsp3) is 1.00. The van der Waals surface area contributed by atoms with Gasteiger partial charge in [0, 0.05) is 21.2 Å². The van der Waals surface area contributed by atoms with Gasteiger partial charge in [0.05, 0.1) is 6.04 Å². The molecular weight excluding hydrogens is 208 g/mol. The maximum Gasteiger partial charge on any atom is 0.0594 e. The van der Waals surface area contributed by atoms with E-state index in [4.69, 9.17) is 5.73 Å². The molecule has 0 bridgehead atoms. The summed E-state index contributed by atoms with van der Waals surface area (Å²) >= 11 is 0. The van der Waals surface area contributed by atoms with E-state index in [0.717, 1.165) is 43.7 Å². The van der Waals surface area contributed by atoms with Gasteiger partial charge in [0.15, 0.2) is 0 Å². The number of hydrogen-bond donors (Lipinski definition) is 1. The quantitative estimate of drug-likeness (QED) is 0.786. The molecule has 1 saturated heterocycles. The molecule has 4 heteroatoms. The Morgan fingerprint density at radius 3 is 2.27 bits per heavy atom. The van der Waals surface area contributed by atoms with Crippen molar-refractivity contribution >= 4 is 9.73 Å². The fourth-order valence-corrected chi connectivity index (χ4v) is 5.10. The molecule has 1 aliphatic heterocycles. The van der Waals surface area contributed by atoms with Crippen LogP contribution in [-0.2, 0) is 9.73 Å². The molecule has 3 nitrogen and oxygen atoms in total. The zero-order valence-corrected chi connectivity index (χ0v) is 10.2. The maximum absolute atomic E-state index is 12.2. The zero-order valence-electron chi connectivity index (χ0n) is 9.36. The number of nitrogens with two attached hydrogens (primary N) is 1. The van der Waals surface area contributed by atoms with Gasteiger partial charge in [-0.15, -0.1) is 0 Å². The SMILES string of the molecule is NCC1CCC(N=S2(=O)CCCC2)CC1. The first kappa shape index (κ1) is 11.4. The van der Waals surface area contributed by atoms with Gasteiger partial charge in [0.2, 0.25) is 0 Å². The Hall–Kier alpha value is -0.0900. The molecule has 0 aromatic carbocycles. The van der Waals surface area contributed by atoms with Gasteiger partial charge in [-0.25, -0.2) is 8.57 Å². The van der Waals surface area contributed by atoms with Crippen molar-refractivity contribution in [2.75, 3.05) is 18.1 Å². The number of rotatable bonds is 2. The lowest BCUT2D eigenvalue weighted by atomic mass is 9.87. The van der Waals surface area contributed by atoms with Crippen LogP contribution >= 0.6 is 0 Å². The Labute approximate surface area is 93.0 Å². The van der Waals surface area contributed by atoms with E-state index in [1.165, 1.54) is 12.8 Å². The third kappa shape index (κ3) is 2.94. The molecule has 0 spiro atoms. The molecule has 0 aromatic heterocycles. The zero-order chi connectivity index (χ0) is 10.7. The first-order chi connectivity index (χ1) is 7.22. The van der Waals surface area contributed by atoms with E-state index in [0.29, 0.717) is 12.0 Å². The highest BCUT2D eigenvalue weighted by Crippen LogP contribution is 2.27. The Bertz CT molecular complexity index is 301. The topological polar surface area (TPSA) is 55.4 Å². The van der Waals surface area contributed by atoms with Crippen molar-refractivity contribution in [1.82, 2.24) is 0 Å². The van der Waals surface area contributed by atoms with E-state index in [2.05, 4.69) is 4.36 Å². The van der Waals surface area contributed by atoms with Crippen LogP contribution in [0, 0.1) is 5.92 Å². The van der Waals surface area contributed by atoms with Crippen molar-refractivity contribution < 1.29 is 4.21 Å². The third-order valence-electron chi connectivity index (χ3n) is 3.67. The lowest BCUT2D eigenvalue weighted by Crippen LogP contribution is -2.24. The van der Waals surface area contributed by atoms with E-state index in [-0.39, 0.29) is 0 Å². The van der Waals surface area contributed by atoms with Crippen LogP contribution in [0.25, 0.3) is 0 Å². The molecule has 1 aliphatic carbocycles. The summed E-state index contributed by atoms with van der Waals surface area (Å²) in [5.41, 5.74) is 5.65. The van der Waals surface area contributed by atoms with Gasteiger partial charge in [-0.3, -0.25) is 0 Å². The highest BCUT2D eigenvalue weighted by Gasteiger charge is 2.23.